The van der Waals surface area contributed by atoms with Crippen LogP contribution in [-0.4, -0.2) is 39.9 Å². The highest BCUT2D eigenvalue weighted by Crippen LogP contribution is 2.25. The van der Waals surface area contributed by atoms with Gasteiger partial charge in [0, 0.05) is 32.3 Å². The SMILES string of the molecule is CN=C(NCCCCOCc1ccccc1)NCc1cc(OC)ccc1OC(F)F.I. The van der Waals surface area contributed by atoms with Gasteiger partial charge in [-0.05, 0) is 36.6 Å². The van der Waals surface area contributed by atoms with E-state index in [2.05, 4.69) is 20.4 Å². The van der Waals surface area contributed by atoms with Crippen LogP contribution in [0.2, 0.25) is 0 Å². The van der Waals surface area contributed by atoms with Gasteiger partial charge in [-0.3, -0.25) is 4.99 Å². The Morgan fingerprint density at radius 2 is 1.84 bits per heavy atom. The molecule has 0 aliphatic carbocycles. The van der Waals surface area contributed by atoms with Gasteiger partial charge >= 0.3 is 6.61 Å². The predicted molar refractivity (Wildman–Crippen MR) is 129 cm³/mol. The van der Waals surface area contributed by atoms with Crippen molar-refractivity contribution in [3.63, 3.8) is 0 Å². The van der Waals surface area contributed by atoms with Crippen molar-refractivity contribution >= 4 is 29.9 Å². The van der Waals surface area contributed by atoms with Crippen LogP contribution in [0.25, 0.3) is 0 Å². The van der Waals surface area contributed by atoms with Gasteiger partial charge in [0.2, 0.25) is 0 Å². The summed E-state index contributed by atoms with van der Waals surface area (Å²) in [6, 6.07) is 14.8. The summed E-state index contributed by atoms with van der Waals surface area (Å²) < 4.78 is 40.6. The highest BCUT2D eigenvalue weighted by molar-refractivity contribution is 14.0. The zero-order chi connectivity index (χ0) is 21.6. The van der Waals surface area contributed by atoms with Gasteiger partial charge in [-0.15, -0.1) is 24.0 Å². The molecule has 0 fully saturated rings. The number of halogens is 3. The molecule has 0 spiro atoms. The minimum atomic E-state index is -2.89. The Bertz CT molecular complexity index is 780. The van der Waals surface area contributed by atoms with Gasteiger partial charge in [0.25, 0.3) is 0 Å². The smallest absolute Gasteiger partial charge is 0.387 e. The maximum atomic E-state index is 12.6. The number of benzene rings is 2. The van der Waals surface area contributed by atoms with E-state index in [1.54, 1.807) is 19.2 Å². The van der Waals surface area contributed by atoms with Gasteiger partial charge in [0.05, 0.1) is 13.7 Å². The zero-order valence-corrected chi connectivity index (χ0v) is 20.1. The van der Waals surface area contributed by atoms with Crippen molar-refractivity contribution in [2.45, 2.75) is 32.6 Å². The molecule has 172 valence electrons. The summed E-state index contributed by atoms with van der Waals surface area (Å²) in [5.41, 5.74) is 1.71. The van der Waals surface area contributed by atoms with Crippen molar-refractivity contribution in [2.24, 2.45) is 4.99 Å². The van der Waals surface area contributed by atoms with Gasteiger partial charge in [-0.1, -0.05) is 30.3 Å². The Morgan fingerprint density at radius 1 is 1.06 bits per heavy atom. The third-order valence-corrected chi connectivity index (χ3v) is 4.27. The summed E-state index contributed by atoms with van der Waals surface area (Å²) in [6.07, 6.45) is 1.83. The molecular formula is C22H30F2IN3O3. The van der Waals surface area contributed by atoms with Crippen LogP contribution in [0.5, 0.6) is 11.5 Å². The zero-order valence-electron chi connectivity index (χ0n) is 17.8. The van der Waals surface area contributed by atoms with Gasteiger partial charge in [0.15, 0.2) is 5.96 Å². The second-order valence-corrected chi connectivity index (χ2v) is 6.45. The molecule has 2 aromatic rings. The molecule has 0 aromatic heterocycles. The lowest BCUT2D eigenvalue weighted by molar-refractivity contribution is -0.0505. The Balaban J connectivity index is 0.00000480. The highest BCUT2D eigenvalue weighted by atomic mass is 127. The Hall–Kier alpha value is -2.14. The molecule has 2 aromatic carbocycles. The summed E-state index contributed by atoms with van der Waals surface area (Å²) in [6.45, 7) is -0.618. The van der Waals surface area contributed by atoms with Gasteiger partial charge in [-0.2, -0.15) is 8.78 Å². The van der Waals surface area contributed by atoms with Crippen molar-refractivity contribution in [1.29, 1.82) is 0 Å². The van der Waals surface area contributed by atoms with Crippen LogP contribution in [0.4, 0.5) is 8.78 Å². The molecule has 31 heavy (non-hydrogen) atoms. The van der Waals surface area contributed by atoms with Crippen molar-refractivity contribution in [3.8, 4) is 11.5 Å². The fourth-order valence-electron chi connectivity index (χ4n) is 2.73. The number of guanidine groups is 1. The monoisotopic (exact) mass is 549 g/mol. The molecule has 9 heteroatoms. The number of unbranched alkanes of at least 4 members (excludes halogenated alkanes) is 1. The van der Waals surface area contributed by atoms with Crippen molar-refractivity contribution in [3.05, 3.63) is 59.7 Å². The fourth-order valence-corrected chi connectivity index (χ4v) is 2.73. The van der Waals surface area contributed by atoms with Crippen molar-refractivity contribution < 1.29 is 23.0 Å². The number of nitrogens with one attached hydrogen (secondary N) is 2. The predicted octanol–water partition coefficient (Wildman–Crippen LogP) is 4.58. The molecule has 0 bridgehead atoms. The van der Waals surface area contributed by atoms with Gasteiger partial charge < -0.3 is 24.8 Å². The molecule has 0 unspecified atom stereocenters. The van der Waals surface area contributed by atoms with Crippen LogP contribution in [0.15, 0.2) is 53.5 Å². The lowest BCUT2D eigenvalue weighted by atomic mass is 10.2. The van der Waals surface area contributed by atoms with Crippen LogP contribution in [0.3, 0.4) is 0 Å². The first-order chi connectivity index (χ1) is 14.6. The molecule has 0 amide bonds. The Labute approximate surface area is 199 Å². The Morgan fingerprint density at radius 3 is 2.52 bits per heavy atom. The Kier molecular flexibility index (Phi) is 13.6. The largest absolute Gasteiger partial charge is 0.497 e. The number of ether oxygens (including phenoxy) is 3. The molecule has 2 rings (SSSR count). The van der Waals surface area contributed by atoms with E-state index in [0.717, 1.165) is 18.4 Å². The minimum absolute atomic E-state index is 0. The average molecular weight is 549 g/mol. The molecule has 0 saturated carbocycles. The molecular weight excluding hydrogens is 519 g/mol. The summed E-state index contributed by atoms with van der Waals surface area (Å²) in [5.74, 6) is 1.24. The van der Waals surface area contributed by atoms with Crippen LogP contribution in [0.1, 0.15) is 24.0 Å². The van der Waals surface area contributed by atoms with Crippen molar-refractivity contribution in [2.75, 3.05) is 27.3 Å². The van der Waals surface area contributed by atoms with E-state index in [-0.39, 0.29) is 36.3 Å². The number of hydrogen-bond acceptors (Lipinski definition) is 4. The third-order valence-electron chi connectivity index (χ3n) is 4.27. The topological polar surface area (TPSA) is 64.1 Å². The number of hydrogen-bond donors (Lipinski definition) is 2. The maximum absolute atomic E-state index is 12.6. The van der Waals surface area contributed by atoms with E-state index in [1.807, 2.05) is 30.3 Å². The first-order valence-corrected chi connectivity index (χ1v) is 9.80. The standard InChI is InChI=1S/C22H29F2N3O3.HI/c1-25-22(26-12-6-7-13-29-16-17-8-4-3-5-9-17)27-15-18-14-19(28-2)10-11-20(18)30-21(23)24;/h3-5,8-11,14,21H,6-7,12-13,15-16H2,1-2H3,(H2,25,26,27);1H. The fraction of sp³-hybridized carbons (Fsp3) is 0.409. The molecule has 0 aliphatic heterocycles. The molecule has 2 N–H and O–H groups in total. The quantitative estimate of drug-likeness (QED) is 0.176. The lowest BCUT2D eigenvalue weighted by Crippen LogP contribution is -2.37. The molecule has 0 radical (unpaired) electrons. The first-order valence-electron chi connectivity index (χ1n) is 9.80. The highest BCUT2D eigenvalue weighted by Gasteiger charge is 2.11. The van der Waals surface area contributed by atoms with Crippen LogP contribution in [0, 0.1) is 0 Å². The molecule has 0 saturated heterocycles. The summed E-state index contributed by atoms with van der Waals surface area (Å²) in [4.78, 5) is 4.15. The second kappa shape index (κ2) is 15.6. The summed E-state index contributed by atoms with van der Waals surface area (Å²) in [7, 11) is 3.17. The van der Waals surface area contributed by atoms with E-state index < -0.39 is 6.61 Å². The number of alkyl halides is 2. The van der Waals surface area contributed by atoms with Crippen LogP contribution < -0.4 is 20.1 Å². The van der Waals surface area contributed by atoms with E-state index >= 15 is 0 Å². The lowest BCUT2D eigenvalue weighted by Gasteiger charge is -2.15. The number of rotatable bonds is 12. The van der Waals surface area contributed by atoms with Crippen molar-refractivity contribution in [1.82, 2.24) is 10.6 Å². The normalized spacial score (nSPS) is 11.1. The van der Waals surface area contributed by atoms with E-state index in [0.29, 0.717) is 37.0 Å². The van der Waals surface area contributed by atoms with Crippen LogP contribution in [-0.2, 0) is 17.9 Å². The van der Waals surface area contributed by atoms with E-state index in [9.17, 15) is 8.78 Å². The molecule has 0 atom stereocenters. The summed E-state index contributed by atoms with van der Waals surface area (Å²) in [5, 5.41) is 6.30. The molecule has 0 heterocycles. The second-order valence-electron chi connectivity index (χ2n) is 6.45. The van der Waals surface area contributed by atoms with Gasteiger partial charge in [0.1, 0.15) is 11.5 Å². The van der Waals surface area contributed by atoms with E-state index in [1.165, 1.54) is 13.2 Å². The first kappa shape index (κ1) is 26.9. The third kappa shape index (κ3) is 10.6. The number of methoxy groups -OCH3 is 1. The van der Waals surface area contributed by atoms with Crippen LogP contribution >= 0.6 is 24.0 Å². The minimum Gasteiger partial charge on any atom is -0.497 e. The average Bonchev–Trinajstić information content (AvgIpc) is 2.76. The van der Waals surface area contributed by atoms with E-state index in [4.69, 9.17) is 9.47 Å². The maximum Gasteiger partial charge on any atom is 0.387 e. The molecule has 6 nitrogen and oxygen atoms in total. The van der Waals surface area contributed by atoms with Gasteiger partial charge in [-0.25, -0.2) is 0 Å². The number of nitrogens with zero attached hydrogens (tertiary/aromatic N) is 1. The molecule has 0 aliphatic rings. The number of aliphatic imine (C=N–C) groups is 1. The summed E-state index contributed by atoms with van der Waals surface area (Å²) >= 11 is 0.